The highest BCUT2D eigenvalue weighted by molar-refractivity contribution is 9.11. The molecular weight excluding hydrogens is 383 g/mol. The fourth-order valence-corrected chi connectivity index (χ4v) is 4.02. The maximum atomic E-state index is 6.06. The van der Waals surface area contributed by atoms with Crippen molar-refractivity contribution in [1.29, 1.82) is 0 Å². The van der Waals surface area contributed by atoms with E-state index in [2.05, 4.69) is 63.9 Å². The van der Waals surface area contributed by atoms with E-state index < -0.39 is 0 Å². The Labute approximate surface area is 127 Å². The largest absolute Gasteiger partial charge is 0.130 e. The first-order valence-electron chi connectivity index (χ1n) is 5.15. The highest BCUT2D eigenvalue weighted by Gasteiger charge is 2.15. The lowest BCUT2D eigenvalue weighted by Gasteiger charge is -2.10. The summed E-state index contributed by atoms with van der Waals surface area (Å²) in [5.74, 6) is 0. The van der Waals surface area contributed by atoms with E-state index in [9.17, 15) is 0 Å². The van der Waals surface area contributed by atoms with Gasteiger partial charge in [0.2, 0.25) is 0 Å². The van der Waals surface area contributed by atoms with Gasteiger partial charge in [-0.3, -0.25) is 0 Å². The maximum absolute atomic E-state index is 6.06. The molecular formula is C13H11Br2ClS. The van der Waals surface area contributed by atoms with Crippen LogP contribution < -0.4 is 0 Å². The molecule has 0 fully saturated rings. The van der Waals surface area contributed by atoms with Gasteiger partial charge in [-0.15, -0.1) is 11.3 Å². The van der Waals surface area contributed by atoms with Gasteiger partial charge in [-0.2, -0.15) is 0 Å². The van der Waals surface area contributed by atoms with Crippen LogP contribution in [0.15, 0.2) is 28.1 Å². The predicted octanol–water partition coefficient (Wildman–Crippen LogP) is 6.27. The van der Waals surface area contributed by atoms with Gasteiger partial charge in [0.1, 0.15) is 0 Å². The minimum atomic E-state index is 0.204. The molecule has 1 heterocycles. The van der Waals surface area contributed by atoms with Crippen LogP contribution in [0.5, 0.6) is 0 Å². The molecule has 0 amide bonds. The summed E-state index contributed by atoms with van der Waals surface area (Å²) in [6, 6.07) is 8.54. The second kappa shape index (κ2) is 5.43. The molecule has 0 bridgehead atoms. The first-order valence-corrected chi connectivity index (χ1v) is 8.05. The van der Waals surface area contributed by atoms with E-state index >= 15 is 0 Å². The van der Waals surface area contributed by atoms with Gasteiger partial charge >= 0.3 is 0 Å². The number of aryl methyl sites for hydroxylation is 2. The third-order valence-corrected chi connectivity index (χ3v) is 6.60. The molecule has 2 rings (SSSR count). The van der Waals surface area contributed by atoms with Gasteiger partial charge in [0.25, 0.3) is 0 Å². The van der Waals surface area contributed by atoms with Crippen LogP contribution in [0.3, 0.4) is 0 Å². The van der Waals surface area contributed by atoms with Crippen molar-refractivity contribution in [3.05, 3.63) is 54.6 Å². The molecule has 0 nitrogen and oxygen atoms in total. The zero-order valence-electron chi connectivity index (χ0n) is 9.43. The van der Waals surface area contributed by atoms with Crippen LogP contribution in [-0.2, 0) is 0 Å². The van der Waals surface area contributed by atoms with Crippen molar-refractivity contribution in [2.45, 2.75) is 18.7 Å². The van der Waals surface area contributed by atoms with Crippen LogP contribution in [-0.4, -0.2) is 0 Å². The fraction of sp³-hybridized carbons (Fsp3) is 0.231. The second-order valence-electron chi connectivity index (χ2n) is 3.98. The van der Waals surface area contributed by atoms with Crippen molar-refractivity contribution in [1.82, 2.24) is 0 Å². The molecule has 0 aliphatic rings. The molecule has 1 aromatic heterocycles. The van der Waals surface area contributed by atoms with Crippen molar-refractivity contribution >= 4 is 54.8 Å². The van der Waals surface area contributed by atoms with Crippen LogP contribution >= 0.6 is 54.8 Å². The van der Waals surface area contributed by atoms with Crippen molar-refractivity contribution in [3.63, 3.8) is 0 Å². The topological polar surface area (TPSA) is 0 Å². The number of hydrogen-bond donors (Lipinski definition) is 0. The molecule has 1 unspecified atom stereocenters. The summed E-state index contributed by atoms with van der Waals surface area (Å²) in [6.07, 6.45) is 0. The van der Waals surface area contributed by atoms with E-state index in [4.69, 9.17) is 11.6 Å². The number of alkyl halides is 1. The van der Waals surface area contributed by atoms with Gasteiger partial charge < -0.3 is 0 Å². The van der Waals surface area contributed by atoms with E-state index in [1.165, 1.54) is 21.6 Å². The Bertz CT molecular complexity index is 529. The third kappa shape index (κ3) is 2.95. The van der Waals surface area contributed by atoms with E-state index in [0.29, 0.717) is 0 Å². The Morgan fingerprint density at radius 2 is 1.88 bits per heavy atom. The van der Waals surface area contributed by atoms with E-state index in [1.54, 1.807) is 11.3 Å². The van der Waals surface area contributed by atoms with Gasteiger partial charge in [0.05, 0.1) is 13.6 Å². The molecule has 0 radical (unpaired) electrons. The predicted molar refractivity (Wildman–Crippen MR) is 83.7 cm³/mol. The number of hydrogen-bond acceptors (Lipinski definition) is 1. The minimum absolute atomic E-state index is 0.204. The average Bonchev–Trinajstić information content (AvgIpc) is 2.62. The van der Waals surface area contributed by atoms with E-state index in [0.717, 1.165) is 8.81 Å². The first kappa shape index (κ1) is 13.6. The Morgan fingerprint density at radius 1 is 1.18 bits per heavy atom. The molecule has 4 heteroatoms. The van der Waals surface area contributed by atoms with Crippen molar-refractivity contribution in [3.8, 4) is 0 Å². The molecule has 0 saturated heterocycles. The zero-order valence-corrected chi connectivity index (χ0v) is 14.2. The standard InChI is InChI=1S/C13H11Br2ClS/c1-7-3-4-9(5-8(7)2)12(14)11-6-10(16)13(15)17-11/h3-6,12H,1-2H3. The smallest absolute Gasteiger partial charge is 0.0887 e. The Hall–Kier alpha value is 0.170. The normalized spacial score (nSPS) is 12.8. The SMILES string of the molecule is Cc1ccc(C(Br)c2cc(Cl)c(Br)s2)cc1C. The number of benzene rings is 1. The lowest BCUT2D eigenvalue weighted by atomic mass is 10.0. The molecule has 2 aromatic rings. The van der Waals surface area contributed by atoms with Crippen molar-refractivity contribution in [2.24, 2.45) is 0 Å². The van der Waals surface area contributed by atoms with Crippen molar-refractivity contribution < 1.29 is 0 Å². The summed E-state index contributed by atoms with van der Waals surface area (Å²) in [7, 11) is 0. The van der Waals surface area contributed by atoms with Crippen LogP contribution in [0.25, 0.3) is 0 Å². The summed E-state index contributed by atoms with van der Waals surface area (Å²) in [4.78, 5) is 1.42. The minimum Gasteiger partial charge on any atom is -0.130 e. The van der Waals surface area contributed by atoms with Crippen molar-refractivity contribution in [2.75, 3.05) is 0 Å². The molecule has 1 atom stereocenters. The van der Waals surface area contributed by atoms with Gasteiger partial charge in [0, 0.05) is 4.88 Å². The molecule has 17 heavy (non-hydrogen) atoms. The third-order valence-electron chi connectivity index (χ3n) is 2.74. The molecule has 0 N–H and O–H groups in total. The van der Waals surface area contributed by atoms with Crippen LogP contribution in [0.2, 0.25) is 5.02 Å². The highest BCUT2D eigenvalue weighted by atomic mass is 79.9. The first-order chi connectivity index (χ1) is 7.99. The Balaban J connectivity index is 2.36. The van der Waals surface area contributed by atoms with Crippen LogP contribution in [0.1, 0.15) is 26.4 Å². The summed E-state index contributed by atoms with van der Waals surface area (Å²) in [5, 5.41) is 0.776. The summed E-state index contributed by atoms with van der Waals surface area (Å²) in [5.41, 5.74) is 3.89. The second-order valence-corrected chi connectivity index (χ2v) is 7.70. The van der Waals surface area contributed by atoms with Crippen LogP contribution in [0, 0.1) is 13.8 Å². The van der Waals surface area contributed by atoms with Gasteiger partial charge in [-0.05, 0) is 52.5 Å². The summed E-state index contributed by atoms with van der Waals surface area (Å²) < 4.78 is 0.988. The van der Waals surface area contributed by atoms with Gasteiger partial charge in [-0.25, -0.2) is 0 Å². The molecule has 1 aromatic carbocycles. The monoisotopic (exact) mass is 392 g/mol. The molecule has 90 valence electrons. The molecule has 0 aliphatic carbocycles. The molecule has 0 spiro atoms. The number of rotatable bonds is 2. The van der Waals surface area contributed by atoms with E-state index in [1.807, 2.05) is 6.07 Å². The van der Waals surface area contributed by atoms with Gasteiger partial charge in [-0.1, -0.05) is 45.7 Å². The maximum Gasteiger partial charge on any atom is 0.0887 e. The summed E-state index contributed by atoms with van der Waals surface area (Å²) in [6.45, 7) is 4.26. The Morgan fingerprint density at radius 3 is 2.41 bits per heavy atom. The quantitative estimate of drug-likeness (QED) is 0.527. The average molecular weight is 395 g/mol. The highest BCUT2D eigenvalue weighted by Crippen LogP contribution is 2.41. The lowest BCUT2D eigenvalue weighted by molar-refractivity contribution is 1.19. The molecule has 0 aliphatic heterocycles. The van der Waals surface area contributed by atoms with Gasteiger partial charge in [0.15, 0.2) is 0 Å². The summed E-state index contributed by atoms with van der Waals surface area (Å²) >= 11 is 14.9. The van der Waals surface area contributed by atoms with Crippen LogP contribution in [0.4, 0.5) is 0 Å². The van der Waals surface area contributed by atoms with E-state index in [-0.39, 0.29) is 4.83 Å². The lowest BCUT2D eigenvalue weighted by Crippen LogP contribution is -1.91. The number of thiophene rings is 1. The molecule has 0 saturated carbocycles. The Kier molecular flexibility index (Phi) is 4.35. The fourth-order valence-electron chi connectivity index (χ4n) is 1.57. The number of halogens is 3. The zero-order chi connectivity index (χ0) is 12.6.